The minimum atomic E-state index is 0.350. The molecule has 2 rings (SSSR count). The van der Waals surface area contributed by atoms with Crippen LogP contribution < -0.4 is 5.32 Å². The Morgan fingerprint density at radius 3 is 2.69 bits per heavy atom. The number of amides is 1. The minimum absolute atomic E-state index is 0.350. The zero-order valence-electron chi connectivity index (χ0n) is 10.2. The average molecular weight is 225 g/mol. The Kier molecular flexibility index (Phi) is 4.18. The van der Waals surface area contributed by atoms with Crippen molar-refractivity contribution in [3.05, 3.63) is 0 Å². The lowest BCUT2D eigenvalue weighted by Gasteiger charge is -2.27. The van der Waals surface area contributed by atoms with E-state index in [0.717, 1.165) is 45.8 Å². The number of likely N-dealkylation sites (tertiary alicyclic amines) is 1. The number of carbonyl (C=O) groups excluding carboxylic acids is 1. The number of piperazine rings is 1. The van der Waals surface area contributed by atoms with E-state index >= 15 is 0 Å². The summed E-state index contributed by atoms with van der Waals surface area (Å²) in [5, 5.41) is 3.33. The molecule has 2 saturated heterocycles. The molecule has 0 bridgehead atoms. The predicted molar refractivity (Wildman–Crippen MR) is 64.3 cm³/mol. The Hall–Kier alpha value is -0.610. The van der Waals surface area contributed by atoms with E-state index < -0.39 is 0 Å². The normalized spacial score (nSPS) is 27.3. The molecule has 0 aromatic rings. The van der Waals surface area contributed by atoms with Gasteiger partial charge in [0.05, 0.1) is 0 Å². The molecule has 16 heavy (non-hydrogen) atoms. The van der Waals surface area contributed by atoms with Crippen LogP contribution in [0.1, 0.15) is 19.8 Å². The van der Waals surface area contributed by atoms with Gasteiger partial charge in [-0.3, -0.25) is 4.79 Å². The molecule has 0 aromatic heterocycles. The summed E-state index contributed by atoms with van der Waals surface area (Å²) in [6.45, 7) is 9.41. The van der Waals surface area contributed by atoms with E-state index in [2.05, 4.69) is 17.1 Å². The second kappa shape index (κ2) is 5.64. The molecule has 2 fully saturated rings. The largest absolute Gasteiger partial charge is 0.342 e. The van der Waals surface area contributed by atoms with Gasteiger partial charge < -0.3 is 15.1 Å². The number of nitrogens with one attached hydrogen (secondary N) is 1. The van der Waals surface area contributed by atoms with Crippen LogP contribution in [-0.4, -0.2) is 61.5 Å². The molecule has 0 spiro atoms. The molecule has 92 valence electrons. The second-order valence-corrected chi connectivity index (χ2v) is 5.08. The number of hydrogen-bond donors (Lipinski definition) is 1. The summed E-state index contributed by atoms with van der Waals surface area (Å²) in [7, 11) is 0. The quantitative estimate of drug-likeness (QED) is 0.743. The third kappa shape index (κ3) is 3.19. The molecule has 2 heterocycles. The first-order valence-electron chi connectivity index (χ1n) is 6.46. The molecule has 2 aliphatic heterocycles. The van der Waals surface area contributed by atoms with E-state index in [9.17, 15) is 4.79 Å². The molecule has 1 atom stereocenters. The third-order valence-electron chi connectivity index (χ3n) is 3.63. The Morgan fingerprint density at radius 1 is 1.31 bits per heavy atom. The first-order valence-corrected chi connectivity index (χ1v) is 6.46. The molecule has 2 aliphatic rings. The summed E-state index contributed by atoms with van der Waals surface area (Å²) in [6.07, 6.45) is 1.88. The van der Waals surface area contributed by atoms with Gasteiger partial charge in [0.25, 0.3) is 0 Å². The fraction of sp³-hybridized carbons (Fsp3) is 0.917. The van der Waals surface area contributed by atoms with Gasteiger partial charge in [-0.15, -0.1) is 0 Å². The smallest absolute Gasteiger partial charge is 0.223 e. The van der Waals surface area contributed by atoms with E-state index in [1.165, 1.54) is 6.42 Å². The highest BCUT2D eigenvalue weighted by molar-refractivity contribution is 5.76. The summed E-state index contributed by atoms with van der Waals surface area (Å²) in [5.41, 5.74) is 0. The van der Waals surface area contributed by atoms with Gasteiger partial charge in [0.1, 0.15) is 0 Å². The molecule has 1 amide bonds. The van der Waals surface area contributed by atoms with E-state index in [1.807, 2.05) is 4.90 Å². The highest BCUT2D eigenvalue weighted by atomic mass is 16.2. The highest BCUT2D eigenvalue weighted by Crippen LogP contribution is 2.15. The average Bonchev–Trinajstić information content (AvgIpc) is 2.74. The van der Waals surface area contributed by atoms with Crippen molar-refractivity contribution in [2.75, 3.05) is 45.8 Å². The number of carbonyl (C=O) groups is 1. The van der Waals surface area contributed by atoms with Crippen molar-refractivity contribution < 1.29 is 4.79 Å². The maximum Gasteiger partial charge on any atom is 0.223 e. The Labute approximate surface area is 98.0 Å². The van der Waals surface area contributed by atoms with Crippen molar-refractivity contribution in [3.63, 3.8) is 0 Å². The van der Waals surface area contributed by atoms with Crippen molar-refractivity contribution in [2.45, 2.75) is 19.8 Å². The molecular weight excluding hydrogens is 202 g/mol. The molecule has 0 saturated carbocycles. The maximum absolute atomic E-state index is 11.9. The minimum Gasteiger partial charge on any atom is -0.342 e. The zero-order valence-corrected chi connectivity index (χ0v) is 10.2. The van der Waals surface area contributed by atoms with Gasteiger partial charge in [0.15, 0.2) is 0 Å². The number of rotatable bonds is 3. The lowest BCUT2D eigenvalue weighted by atomic mass is 10.2. The van der Waals surface area contributed by atoms with Gasteiger partial charge >= 0.3 is 0 Å². The van der Waals surface area contributed by atoms with Crippen LogP contribution in [0.3, 0.4) is 0 Å². The van der Waals surface area contributed by atoms with Gasteiger partial charge in [-0.05, 0) is 12.3 Å². The van der Waals surface area contributed by atoms with Crippen molar-refractivity contribution in [2.24, 2.45) is 5.92 Å². The SMILES string of the molecule is CC1CCN(C(=O)CCN2CCNCC2)C1. The molecule has 0 aliphatic carbocycles. The molecule has 1 N–H and O–H groups in total. The summed E-state index contributed by atoms with van der Waals surface area (Å²) < 4.78 is 0. The second-order valence-electron chi connectivity index (χ2n) is 5.08. The van der Waals surface area contributed by atoms with Crippen molar-refractivity contribution in [3.8, 4) is 0 Å². The maximum atomic E-state index is 11.9. The van der Waals surface area contributed by atoms with Gasteiger partial charge in [0.2, 0.25) is 5.91 Å². The monoisotopic (exact) mass is 225 g/mol. The van der Waals surface area contributed by atoms with E-state index in [1.54, 1.807) is 0 Å². The molecule has 4 nitrogen and oxygen atoms in total. The Morgan fingerprint density at radius 2 is 2.06 bits per heavy atom. The first kappa shape index (κ1) is 11.9. The summed E-state index contributed by atoms with van der Waals surface area (Å²) in [5.74, 6) is 1.05. The highest BCUT2D eigenvalue weighted by Gasteiger charge is 2.23. The summed E-state index contributed by atoms with van der Waals surface area (Å²) >= 11 is 0. The number of nitrogens with zero attached hydrogens (tertiary/aromatic N) is 2. The van der Waals surface area contributed by atoms with E-state index in [0.29, 0.717) is 18.2 Å². The Balaban J connectivity index is 1.67. The predicted octanol–water partition coefficient (Wildman–Crippen LogP) is 0.150. The fourth-order valence-electron chi connectivity index (χ4n) is 2.51. The van der Waals surface area contributed by atoms with Crippen LogP contribution in [0.2, 0.25) is 0 Å². The zero-order chi connectivity index (χ0) is 11.4. The molecule has 1 unspecified atom stereocenters. The van der Waals surface area contributed by atoms with Gasteiger partial charge in [-0.1, -0.05) is 6.92 Å². The number of hydrogen-bond acceptors (Lipinski definition) is 3. The van der Waals surface area contributed by atoms with Crippen LogP contribution >= 0.6 is 0 Å². The lowest BCUT2D eigenvalue weighted by Crippen LogP contribution is -2.44. The van der Waals surface area contributed by atoms with Crippen molar-refractivity contribution in [1.82, 2.24) is 15.1 Å². The van der Waals surface area contributed by atoms with Crippen molar-refractivity contribution in [1.29, 1.82) is 0 Å². The standard InChI is InChI=1S/C12H23N3O/c1-11-2-7-15(10-11)12(16)3-6-14-8-4-13-5-9-14/h11,13H,2-10H2,1H3. The summed E-state index contributed by atoms with van der Waals surface area (Å²) in [4.78, 5) is 16.3. The van der Waals surface area contributed by atoms with Crippen molar-refractivity contribution >= 4 is 5.91 Å². The summed E-state index contributed by atoms with van der Waals surface area (Å²) in [6, 6.07) is 0. The first-order chi connectivity index (χ1) is 7.75. The van der Waals surface area contributed by atoms with Crippen LogP contribution in [0.15, 0.2) is 0 Å². The topological polar surface area (TPSA) is 35.6 Å². The van der Waals surface area contributed by atoms with E-state index in [4.69, 9.17) is 0 Å². The van der Waals surface area contributed by atoms with Gasteiger partial charge in [0, 0.05) is 52.2 Å². The van der Waals surface area contributed by atoms with Crippen LogP contribution in [0, 0.1) is 5.92 Å². The van der Waals surface area contributed by atoms with Crippen LogP contribution in [0.25, 0.3) is 0 Å². The molecule has 0 radical (unpaired) electrons. The Bertz CT molecular complexity index is 238. The van der Waals surface area contributed by atoms with Crippen LogP contribution in [0.4, 0.5) is 0 Å². The molecule has 0 aromatic carbocycles. The fourth-order valence-corrected chi connectivity index (χ4v) is 2.51. The van der Waals surface area contributed by atoms with E-state index in [-0.39, 0.29) is 0 Å². The third-order valence-corrected chi connectivity index (χ3v) is 3.63. The van der Waals surface area contributed by atoms with Crippen LogP contribution in [-0.2, 0) is 4.79 Å². The molecule has 4 heteroatoms. The lowest BCUT2D eigenvalue weighted by molar-refractivity contribution is -0.130. The van der Waals surface area contributed by atoms with Gasteiger partial charge in [-0.25, -0.2) is 0 Å². The molecular formula is C12H23N3O. The van der Waals surface area contributed by atoms with Crippen LogP contribution in [0.5, 0.6) is 0 Å². The van der Waals surface area contributed by atoms with Gasteiger partial charge in [-0.2, -0.15) is 0 Å².